The lowest BCUT2D eigenvalue weighted by molar-refractivity contribution is -0.128. The molecule has 7 heteroatoms. The number of rotatable bonds is 8. The Kier molecular flexibility index (Phi) is 6.41. The molecule has 0 aliphatic carbocycles. The first-order valence-corrected chi connectivity index (χ1v) is 8.49. The molecular formula is C16H23NO5S. The number of ether oxygens (including phenoxy) is 4. The summed E-state index contributed by atoms with van der Waals surface area (Å²) in [6, 6.07) is 3.61. The number of carbonyl (C=O) groups excluding carboxylic acids is 1. The average molecular weight is 341 g/mol. The van der Waals surface area contributed by atoms with Crippen LogP contribution in [0.4, 0.5) is 0 Å². The van der Waals surface area contributed by atoms with E-state index in [1.807, 2.05) is 24.0 Å². The molecule has 6 nitrogen and oxygen atoms in total. The van der Waals surface area contributed by atoms with Crippen molar-refractivity contribution in [2.24, 2.45) is 0 Å². The van der Waals surface area contributed by atoms with Crippen LogP contribution in [-0.2, 0) is 9.53 Å². The molecule has 0 aromatic heterocycles. The van der Waals surface area contributed by atoms with Gasteiger partial charge in [0.15, 0.2) is 0 Å². The molecule has 1 unspecified atom stereocenters. The predicted molar refractivity (Wildman–Crippen MR) is 89.5 cm³/mol. The van der Waals surface area contributed by atoms with Gasteiger partial charge in [0.25, 0.3) is 0 Å². The third-order valence-corrected chi connectivity index (χ3v) is 4.87. The first kappa shape index (κ1) is 17.7. The van der Waals surface area contributed by atoms with Gasteiger partial charge in [-0.2, -0.15) is 0 Å². The van der Waals surface area contributed by atoms with Crippen LogP contribution < -0.4 is 14.2 Å². The van der Waals surface area contributed by atoms with E-state index < -0.39 is 0 Å². The van der Waals surface area contributed by atoms with Gasteiger partial charge in [-0.3, -0.25) is 4.79 Å². The fraction of sp³-hybridized carbons (Fsp3) is 0.562. The van der Waals surface area contributed by atoms with E-state index in [0.717, 1.165) is 5.56 Å². The van der Waals surface area contributed by atoms with Crippen molar-refractivity contribution in [1.29, 1.82) is 0 Å². The molecule has 1 saturated heterocycles. The van der Waals surface area contributed by atoms with Gasteiger partial charge in [-0.05, 0) is 6.92 Å². The van der Waals surface area contributed by atoms with Crippen molar-refractivity contribution in [3.63, 3.8) is 0 Å². The summed E-state index contributed by atoms with van der Waals surface area (Å²) in [5.41, 5.74) is 0.850. The van der Waals surface area contributed by atoms with Crippen LogP contribution in [0.1, 0.15) is 17.9 Å². The molecular weight excluding hydrogens is 318 g/mol. The Hall–Kier alpha value is -1.60. The normalized spacial score (nSPS) is 17.5. The number of nitrogens with zero attached hydrogens (tertiary/aromatic N) is 1. The molecule has 2 rings (SSSR count). The van der Waals surface area contributed by atoms with Gasteiger partial charge >= 0.3 is 0 Å². The molecule has 0 bridgehead atoms. The number of carbonyl (C=O) groups is 1. The Balaban J connectivity index is 2.36. The molecule has 1 fully saturated rings. The maximum Gasteiger partial charge on any atom is 0.233 e. The van der Waals surface area contributed by atoms with Gasteiger partial charge in [0, 0.05) is 25.3 Å². The molecule has 23 heavy (non-hydrogen) atoms. The fourth-order valence-corrected chi connectivity index (χ4v) is 3.79. The molecule has 1 amide bonds. The number of hydrogen-bond acceptors (Lipinski definition) is 6. The van der Waals surface area contributed by atoms with Crippen LogP contribution in [0.15, 0.2) is 12.1 Å². The number of hydrogen-bond donors (Lipinski definition) is 0. The maximum absolute atomic E-state index is 12.2. The zero-order valence-electron chi connectivity index (χ0n) is 14.0. The Labute approximate surface area is 141 Å². The van der Waals surface area contributed by atoms with Gasteiger partial charge in [0.2, 0.25) is 5.91 Å². The van der Waals surface area contributed by atoms with E-state index in [1.165, 1.54) is 0 Å². The number of thioether (sulfide) groups is 1. The summed E-state index contributed by atoms with van der Waals surface area (Å²) in [7, 11) is 4.80. The molecule has 0 N–H and O–H groups in total. The highest BCUT2D eigenvalue weighted by Crippen LogP contribution is 2.48. The second-order valence-electron chi connectivity index (χ2n) is 4.89. The van der Waals surface area contributed by atoms with E-state index in [2.05, 4.69) is 0 Å². The number of benzene rings is 1. The van der Waals surface area contributed by atoms with Crippen LogP contribution in [0.5, 0.6) is 17.2 Å². The highest BCUT2D eigenvalue weighted by molar-refractivity contribution is 8.00. The summed E-state index contributed by atoms with van der Waals surface area (Å²) in [5.74, 6) is 2.48. The zero-order valence-corrected chi connectivity index (χ0v) is 14.8. The molecule has 0 spiro atoms. The van der Waals surface area contributed by atoms with E-state index in [0.29, 0.717) is 42.8 Å². The van der Waals surface area contributed by atoms with Crippen molar-refractivity contribution in [2.45, 2.75) is 12.3 Å². The standard InChI is InChI=1S/C16H23NO5S/c1-5-22-7-6-17-14(18)10-23-16(17)15-12(20-3)8-11(19-2)9-13(15)21-4/h8-9,16H,5-7,10H2,1-4H3. The molecule has 1 heterocycles. The van der Waals surface area contributed by atoms with Gasteiger partial charge in [0.1, 0.15) is 22.6 Å². The number of methoxy groups -OCH3 is 3. The summed E-state index contributed by atoms with van der Waals surface area (Å²) in [4.78, 5) is 14.0. The largest absolute Gasteiger partial charge is 0.496 e. The molecule has 1 aromatic rings. The maximum atomic E-state index is 12.2. The van der Waals surface area contributed by atoms with Crippen LogP contribution in [0.3, 0.4) is 0 Å². The molecule has 1 aliphatic heterocycles. The first-order valence-electron chi connectivity index (χ1n) is 7.45. The highest BCUT2D eigenvalue weighted by Gasteiger charge is 2.36. The lowest BCUT2D eigenvalue weighted by atomic mass is 10.1. The third-order valence-electron chi connectivity index (χ3n) is 3.65. The summed E-state index contributed by atoms with van der Waals surface area (Å²) in [6.07, 6.45) is 0. The molecule has 1 aliphatic rings. The van der Waals surface area contributed by atoms with Crippen LogP contribution >= 0.6 is 11.8 Å². The summed E-state index contributed by atoms with van der Waals surface area (Å²) in [5, 5.41) is -0.154. The van der Waals surface area contributed by atoms with Crippen molar-refractivity contribution >= 4 is 17.7 Å². The summed E-state index contributed by atoms with van der Waals surface area (Å²) >= 11 is 1.56. The molecule has 0 saturated carbocycles. The number of amides is 1. The highest BCUT2D eigenvalue weighted by atomic mass is 32.2. The van der Waals surface area contributed by atoms with E-state index in [-0.39, 0.29) is 11.3 Å². The van der Waals surface area contributed by atoms with Crippen molar-refractivity contribution in [2.75, 3.05) is 46.8 Å². The van der Waals surface area contributed by atoms with Crippen LogP contribution in [0.2, 0.25) is 0 Å². The van der Waals surface area contributed by atoms with Crippen LogP contribution in [0, 0.1) is 0 Å². The topological polar surface area (TPSA) is 57.2 Å². The van der Waals surface area contributed by atoms with Crippen molar-refractivity contribution < 1.29 is 23.7 Å². The Morgan fingerprint density at radius 1 is 1.17 bits per heavy atom. The minimum Gasteiger partial charge on any atom is -0.496 e. The lowest BCUT2D eigenvalue weighted by Gasteiger charge is -2.27. The lowest BCUT2D eigenvalue weighted by Crippen LogP contribution is -2.32. The second-order valence-corrected chi connectivity index (χ2v) is 5.96. The minimum absolute atomic E-state index is 0.0969. The van der Waals surface area contributed by atoms with E-state index in [1.54, 1.807) is 33.1 Å². The SMILES string of the molecule is CCOCCN1C(=O)CSC1c1c(OC)cc(OC)cc1OC. The predicted octanol–water partition coefficient (Wildman–Crippen LogP) is 2.32. The first-order chi connectivity index (χ1) is 11.2. The van der Waals surface area contributed by atoms with Crippen molar-refractivity contribution in [3.05, 3.63) is 17.7 Å². The third kappa shape index (κ3) is 3.84. The van der Waals surface area contributed by atoms with Crippen LogP contribution in [-0.4, -0.2) is 57.6 Å². The Morgan fingerprint density at radius 3 is 2.35 bits per heavy atom. The van der Waals surface area contributed by atoms with E-state index in [4.69, 9.17) is 18.9 Å². The van der Waals surface area contributed by atoms with Gasteiger partial charge < -0.3 is 23.8 Å². The Morgan fingerprint density at radius 2 is 1.83 bits per heavy atom. The van der Waals surface area contributed by atoms with Gasteiger partial charge in [-0.15, -0.1) is 11.8 Å². The van der Waals surface area contributed by atoms with Gasteiger partial charge in [0.05, 0.1) is 39.3 Å². The van der Waals surface area contributed by atoms with Crippen molar-refractivity contribution in [1.82, 2.24) is 4.90 Å². The second kappa shape index (κ2) is 8.31. The minimum atomic E-state index is -0.154. The molecule has 1 atom stereocenters. The molecule has 0 radical (unpaired) electrons. The van der Waals surface area contributed by atoms with Gasteiger partial charge in [-0.1, -0.05) is 0 Å². The molecule has 128 valence electrons. The quantitative estimate of drug-likeness (QED) is 0.677. The Bertz CT molecular complexity index is 526. The smallest absolute Gasteiger partial charge is 0.233 e. The van der Waals surface area contributed by atoms with Crippen LogP contribution in [0.25, 0.3) is 0 Å². The monoisotopic (exact) mass is 341 g/mol. The summed E-state index contributed by atoms with van der Waals surface area (Å²) in [6.45, 7) is 3.63. The van der Waals surface area contributed by atoms with Crippen molar-refractivity contribution in [3.8, 4) is 17.2 Å². The van der Waals surface area contributed by atoms with E-state index >= 15 is 0 Å². The average Bonchev–Trinajstić information content (AvgIpc) is 2.94. The van der Waals surface area contributed by atoms with E-state index in [9.17, 15) is 4.79 Å². The fourth-order valence-electron chi connectivity index (χ4n) is 2.52. The summed E-state index contributed by atoms with van der Waals surface area (Å²) < 4.78 is 21.7. The molecule has 1 aromatic carbocycles. The zero-order chi connectivity index (χ0) is 16.8. The van der Waals surface area contributed by atoms with Gasteiger partial charge in [-0.25, -0.2) is 0 Å².